The SMILES string of the molecule is CCCn1c(SCC(=O)Nc2nc(-c3ccc(Cl)cc3Cl)cs2)nnc1-c1csc2c1CCC(C)C2. The predicted octanol–water partition coefficient (Wildman–Crippen LogP) is 7.70. The van der Waals surface area contributed by atoms with E-state index in [4.69, 9.17) is 23.2 Å². The van der Waals surface area contributed by atoms with E-state index in [-0.39, 0.29) is 11.7 Å². The summed E-state index contributed by atoms with van der Waals surface area (Å²) in [5, 5.41) is 18.4. The van der Waals surface area contributed by atoms with E-state index in [1.807, 2.05) is 22.8 Å². The van der Waals surface area contributed by atoms with E-state index in [9.17, 15) is 4.79 Å². The molecule has 1 atom stereocenters. The molecule has 0 saturated carbocycles. The quantitative estimate of drug-likeness (QED) is 0.217. The summed E-state index contributed by atoms with van der Waals surface area (Å²) in [6.07, 6.45) is 4.41. The number of rotatable bonds is 8. The average molecular weight is 579 g/mol. The number of aromatic nitrogens is 4. The first kappa shape index (κ1) is 25.7. The van der Waals surface area contributed by atoms with E-state index in [0.717, 1.165) is 48.3 Å². The van der Waals surface area contributed by atoms with Gasteiger partial charge in [-0.2, -0.15) is 0 Å². The Morgan fingerprint density at radius 3 is 2.89 bits per heavy atom. The second kappa shape index (κ2) is 11.2. The Kier molecular flexibility index (Phi) is 8.02. The van der Waals surface area contributed by atoms with Gasteiger partial charge in [-0.3, -0.25) is 4.79 Å². The Morgan fingerprint density at radius 2 is 2.08 bits per heavy atom. The number of hydrogen-bond donors (Lipinski definition) is 1. The molecule has 1 amide bonds. The van der Waals surface area contributed by atoms with Crippen LogP contribution in [0.2, 0.25) is 10.0 Å². The molecule has 1 aromatic carbocycles. The number of nitrogens with zero attached hydrogens (tertiary/aromatic N) is 4. The third-order valence-electron chi connectivity index (χ3n) is 6.10. The number of hydrogen-bond acceptors (Lipinski definition) is 7. The smallest absolute Gasteiger partial charge is 0.236 e. The first-order valence-electron chi connectivity index (χ1n) is 11.8. The Labute approximate surface area is 232 Å². The summed E-state index contributed by atoms with van der Waals surface area (Å²) in [4.78, 5) is 18.7. The zero-order valence-electron chi connectivity index (χ0n) is 19.9. The molecule has 3 aromatic heterocycles. The maximum atomic E-state index is 12.7. The second-order valence-corrected chi connectivity index (χ2v) is 12.5. The lowest BCUT2D eigenvalue weighted by Gasteiger charge is -2.19. The lowest BCUT2D eigenvalue weighted by Crippen LogP contribution is -2.14. The van der Waals surface area contributed by atoms with Gasteiger partial charge in [-0.25, -0.2) is 4.98 Å². The van der Waals surface area contributed by atoms with Crippen molar-refractivity contribution in [3.8, 4) is 22.6 Å². The standard InChI is InChI=1S/C25H25Cl2N5OS3/c1-3-8-32-23(18-11-34-21-9-14(2)4-6-16(18)21)30-31-25(32)36-13-22(33)29-24-28-20(12-35-24)17-7-5-15(26)10-19(17)27/h5,7,10-12,14H,3-4,6,8-9,13H2,1-2H3,(H,28,29,33). The number of halogens is 2. The van der Waals surface area contributed by atoms with Gasteiger partial charge in [0.1, 0.15) is 0 Å². The summed E-state index contributed by atoms with van der Waals surface area (Å²) in [5.74, 6) is 1.73. The summed E-state index contributed by atoms with van der Waals surface area (Å²) in [6, 6.07) is 5.27. The lowest BCUT2D eigenvalue weighted by molar-refractivity contribution is -0.113. The molecule has 1 aliphatic rings. The van der Waals surface area contributed by atoms with Gasteiger partial charge >= 0.3 is 0 Å². The normalized spacial score (nSPS) is 15.2. The first-order valence-corrected chi connectivity index (χ1v) is 15.3. The van der Waals surface area contributed by atoms with Gasteiger partial charge < -0.3 is 9.88 Å². The number of thioether (sulfide) groups is 1. The molecule has 188 valence electrons. The number of thiophene rings is 1. The molecular formula is C25H25Cl2N5OS3. The molecular weight excluding hydrogens is 553 g/mol. The van der Waals surface area contributed by atoms with Crippen molar-refractivity contribution in [2.45, 2.75) is 51.2 Å². The number of thiazole rings is 1. The third-order valence-corrected chi connectivity index (χ3v) is 9.42. The van der Waals surface area contributed by atoms with E-state index in [1.54, 1.807) is 12.1 Å². The first-order chi connectivity index (χ1) is 17.4. The molecule has 0 fully saturated rings. The highest BCUT2D eigenvalue weighted by Crippen LogP contribution is 2.38. The summed E-state index contributed by atoms with van der Waals surface area (Å²) in [6.45, 7) is 5.27. The Bertz CT molecular complexity index is 1400. The molecule has 6 nitrogen and oxygen atoms in total. The summed E-state index contributed by atoms with van der Waals surface area (Å²) in [7, 11) is 0. The number of nitrogens with one attached hydrogen (secondary N) is 1. The number of benzene rings is 1. The zero-order chi connectivity index (χ0) is 25.2. The van der Waals surface area contributed by atoms with Crippen LogP contribution in [0, 0.1) is 5.92 Å². The van der Waals surface area contributed by atoms with Crippen molar-refractivity contribution >= 4 is 68.7 Å². The van der Waals surface area contributed by atoms with Crippen LogP contribution in [0.4, 0.5) is 5.13 Å². The van der Waals surface area contributed by atoms with Crippen molar-refractivity contribution in [3.05, 3.63) is 49.4 Å². The molecule has 0 spiro atoms. The maximum absolute atomic E-state index is 12.7. The van der Waals surface area contributed by atoms with Crippen molar-refractivity contribution in [1.29, 1.82) is 0 Å². The molecule has 3 heterocycles. The molecule has 0 bridgehead atoms. The largest absolute Gasteiger partial charge is 0.302 e. The molecule has 1 unspecified atom stereocenters. The van der Waals surface area contributed by atoms with Gasteiger partial charge in [0.15, 0.2) is 16.1 Å². The van der Waals surface area contributed by atoms with Crippen molar-refractivity contribution in [2.24, 2.45) is 5.92 Å². The van der Waals surface area contributed by atoms with Crippen LogP contribution < -0.4 is 5.32 Å². The fourth-order valence-corrected chi connectivity index (χ4v) is 7.56. The van der Waals surface area contributed by atoms with Crippen LogP contribution in [0.25, 0.3) is 22.6 Å². The maximum Gasteiger partial charge on any atom is 0.236 e. The fraction of sp³-hybridized carbons (Fsp3) is 0.360. The summed E-state index contributed by atoms with van der Waals surface area (Å²) < 4.78 is 2.16. The van der Waals surface area contributed by atoms with Crippen LogP contribution in [0.1, 0.15) is 37.1 Å². The molecule has 36 heavy (non-hydrogen) atoms. The Morgan fingerprint density at radius 1 is 1.22 bits per heavy atom. The van der Waals surface area contributed by atoms with Crippen LogP contribution in [-0.2, 0) is 24.2 Å². The molecule has 1 aliphatic carbocycles. The highest BCUT2D eigenvalue weighted by Gasteiger charge is 2.24. The molecule has 4 aromatic rings. The molecule has 11 heteroatoms. The number of fused-ring (bicyclic) bond motifs is 1. The number of anilines is 1. The highest BCUT2D eigenvalue weighted by atomic mass is 35.5. The minimum atomic E-state index is -0.141. The summed E-state index contributed by atoms with van der Waals surface area (Å²) >= 11 is 16.9. The zero-order valence-corrected chi connectivity index (χ0v) is 23.8. The van der Waals surface area contributed by atoms with E-state index in [0.29, 0.717) is 20.9 Å². The average Bonchev–Trinajstić information content (AvgIpc) is 3.56. The van der Waals surface area contributed by atoms with E-state index >= 15 is 0 Å². The van der Waals surface area contributed by atoms with Crippen LogP contribution in [-0.4, -0.2) is 31.4 Å². The van der Waals surface area contributed by atoms with Crippen molar-refractivity contribution in [1.82, 2.24) is 19.7 Å². The Balaban J connectivity index is 1.27. The van der Waals surface area contributed by atoms with Crippen LogP contribution in [0.3, 0.4) is 0 Å². The molecule has 5 rings (SSSR count). The number of carbonyl (C=O) groups excluding carboxylic acids is 1. The van der Waals surface area contributed by atoms with Gasteiger partial charge in [0.25, 0.3) is 0 Å². The van der Waals surface area contributed by atoms with Crippen LogP contribution >= 0.6 is 57.6 Å². The minimum Gasteiger partial charge on any atom is -0.302 e. The van der Waals surface area contributed by atoms with Gasteiger partial charge in [-0.1, -0.05) is 48.8 Å². The van der Waals surface area contributed by atoms with Crippen molar-refractivity contribution < 1.29 is 4.79 Å². The lowest BCUT2D eigenvalue weighted by atomic mass is 9.88. The van der Waals surface area contributed by atoms with Crippen LogP contribution in [0.15, 0.2) is 34.1 Å². The van der Waals surface area contributed by atoms with E-state index in [2.05, 4.69) is 44.3 Å². The second-order valence-electron chi connectivity index (χ2n) is 8.86. The van der Waals surface area contributed by atoms with E-state index in [1.165, 1.54) is 45.5 Å². The molecule has 0 aliphatic heterocycles. The van der Waals surface area contributed by atoms with Gasteiger partial charge in [0.05, 0.1) is 16.5 Å². The highest BCUT2D eigenvalue weighted by molar-refractivity contribution is 7.99. The predicted molar refractivity (Wildman–Crippen MR) is 152 cm³/mol. The van der Waals surface area contributed by atoms with Crippen molar-refractivity contribution in [3.63, 3.8) is 0 Å². The molecule has 0 radical (unpaired) electrons. The van der Waals surface area contributed by atoms with E-state index < -0.39 is 0 Å². The Hall–Kier alpha value is -1.91. The van der Waals surface area contributed by atoms with Gasteiger partial charge in [0, 0.05) is 38.3 Å². The molecule has 1 N–H and O–H groups in total. The monoisotopic (exact) mass is 577 g/mol. The van der Waals surface area contributed by atoms with Gasteiger partial charge in [-0.15, -0.1) is 32.9 Å². The summed E-state index contributed by atoms with van der Waals surface area (Å²) in [5.41, 5.74) is 4.11. The van der Waals surface area contributed by atoms with Crippen LogP contribution in [0.5, 0.6) is 0 Å². The third kappa shape index (κ3) is 5.50. The van der Waals surface area contributed by atoms with Crippen molar-refractivity contribution in [2.75, 3.05) is 11.1 Å². The van der Waals surface area contributed by atoms with Gasteiger partial charge in [0.2, 0.25) is 5.91 Å². The minimum absolute atomic E-state index is 0.141. The molecule has 0 saturated heterocycles. The van der Waals surface area contributed by atoms with Gasteiger partial charge in [-0.05, 0) is 55.4 Å². The fourth-order valence-electron chi connectivity index (χ4n) is 4.32. The topological polar surface area (TPSA) is 72.7 Å². The number of carbonyl (C=O) groups is 1. The number of amides is 1.